The zero-order chi connectivity index (χ0) is 11.0. The predicted molar refractivity (Wildman–Crippen MR) is 52.3 cm³/mol. The first-order valence-electron chi connectivity index (χ1n) is 4.38. The first-order chi connectivity index (χ1) is 7.09. The number of carbonyl (C=O) groups is 1. The average molecular weight is 206 g/mol. The topological polar surface area (TPSA) is 93.5 Å². The molecule has 78 valence electrons. The van der Waals surface area contributed by atoms with Crippen molar-refractivity contribution in [2.45, 2.75) is 13.0 Å². The minimum Gasteiger partial charge on any atom is -0.480 e. The lowest BCUT2D eigenvalue weighted by molar-refractivity contribution is -0.138. The third-order valence-electron chi connectivity index (χ3n) is 2.17. The highest BCUT2D eigenvalue weighted by Crippen LogP contribution is 2.12. The molecule has 0 radical (unpaired) electrons. The van der Waals surface area contributed by atoms with E-state index >= 15 is 0 Å². The third kappa shape index (κ3) is 1.55. The van der Waals surface area contributed by atoms with E-state index in [1.807, 2.05) is 6.92 Å². The molecule has 0 aliphatic carbocycles. The second kappa shape index (κ2) is 3.32. The van der Waals surface area contributed by atoms with Crippen molar-refractivity contribution in [1.29, 1.82) is 0 Å². The van der Waals surface area contributed by atoms with Crippen molar-refractivity contribution in [3.8, 4) is 0 Å². The molecule has 0 aliphatic rings. The van der Waals surface area contributed by atoms with E-state index in [0.29, 0.717) is 11.3 Å². The van der Waals surface area contributed by atoms with Gasteiger partial charge >= 0.3 is 5.97 Å². The van der Waals surface area contributed by atoms with Crippen LogP contribution in [0.4, 0.5) is 0 Å². The zero-order valence-electron chi connectivity index (χ0n) is 8.08. The van der Waals surface area contributed by atoms with Crippen LogP contribution in [-0.2, 0) is 4.79 Å². The Bertz CT molecular complexity index is 520. The van der Waals surface area contributed by atoms with Gasteiger partial charge in [0.05, 0.1) is 5.69 Å². The predicted octanol–water partition coefficient (Wildman–Crippen LogP) is 0.122. The zero-order valence-corrected chi connectivity index (χ0v) is 8.08. The van der Waals surface area contributed by atoms with Gasteiger partial charge in [0.15, 0.2) is 0 Å². The van der Waals surface area contributed by atoms with E-state index in [0.717, 1.165) is 5.82 Å². The van der Waals surface area contributed by atoms with Crippen LogP contribution in [0.1, 0.15) is 17.6 Å². The summed E-state index contributed by atoms with van der Waals surface area (Å²) < 4.78 is 1.71. The van der Waals surface area contributed by atoms with Gasteiger partial charge in [-0.05, 0) is 13.0 Å². The Balaban J connectivity index is 2.56. The Kier molecular flexibility index (Phi) is 2.12. The highest BCUT2D eigenvalue weighted by atomic mass is 16.4. The number of aliphatic carboxylic acids is 1. The second-order valence-electron chi connectivity index (χ2n) is 3.20. The van der Waals surface area contributed by atoms with Gasteiger partial charge in [-0.3, -0.25) is 9.20 Å². The molecule has 6 heteroatoms. The van der Waals surface area contributed by atoms with E-state index in [1.165, 1.54) is 0 Å². The molecule has 2 heterocycles. The highest BCUT2D eigenvalue weighted by molar-refractivity contribution is 5.74. The molecule has 3 N–H and O–H groups in total. The molecule has 2 aromatic rings. The number of hydrogen-bond donors (Lipinski definition) is 2. The first-order valence-corrected chi connectivity index (χ1v) is 4.38. The number of aryl methyl sites for hydroxylation is 1. The highest BCUT2D eigenvalue weighted by Gasteiger charge is 2.17. The normalized spacial score (nSPS) is 12.9. The molecule has 0 bridgehead atoms. The fourth-order valence-electron chi connectivity index (χ4n) is 1.34. The van der Waals surface area contributed by atoms with Gasteiger partial charge in [0, 0.05) is 12.4 Å². The number of carboxylic acids is 1. The number of nitrogens with zero attached hydrogens (tertiary/aromatic N) is 3. The molecule has 1 atom stereocenters. The quantitative estimate of drug-likeness (QED) is 0.728. The lowest BCUT2D eigenvalue weighted by Gasteiger charge is -1.99. The molecule has 6 nitrogen and oxygen atoms in total. The average Bonchev–Trinajstić information content (AvgIpc) is 2.61. The van der Waals surface area contributed by atoms with Crippen molar-refractivity contribution in [2.75, 3.05) is 0 Å². The molecule has 0 fully saturated rings. The Morgan fingerprint density at radius 1 is 1.67 bits per heavy atom. The minimum atomic E-state index is -1.09. The van der Waals surface area contributed by atoms with E-state index in [2.05, 4.69) is 9.97 Å². The second-order valence-corrected chi connectivity index (χ2v) is 3.20. The van der Waals surface area contributed by atoms with Gasteiger partial charge in [-0.25, -0.2) is 9.97 Å². The fourth-order valence-corrected chi connectivity index (χ4v) is 1.34. The number of fused-ring (bicyclic) bond motifs is 1. The number of nitrogens with two attached hydrogens (primary N) is 1. The van der Waals surface area contributed by atoms with Gasteiger partial charge < -0.3 is 10.8 Å². The minimum absolute atomic E-state index is 0.332. The molecule has 2 aromatic heterocycles. The van der Waals surface area contributed by atoms with Crippen molar-refractivity contribution < 1.29 is 9.90 Å². The molecule has 15 heavy (non-hydrogen) atoms. The molecular formula is C9H10N4O2. The lowest BCUT2D eigenvalue weighted by Crippen LogP contribution is -2.20. The van der Waals surface area contributed by atoms with Gasteiger partial charge in [-0.1, -0.05) is 0 Å². The fraction of sp³-hybridized carbons (Fsp3) is 0.222. The maximum atomic E-state index is 10.7. The molecule has 0 saturated carbocycles. The molecule has 1 unspecified atom stereocenters. The third-order valence-corrected chi connectivity index (χ3v) is 2.17. The van der Waals surface area contributed by atoms with Crippen molar-refractivity contribution >= 4 is 11.6 Å². The summed E-state index contributed by atoms with van der Waals surface area (Å²) in [4.78, 5) is 18.8. The van der Waals surface area contributed by atoms with Gasteiger partial charge in [0.25, 0.3) is 0 Å². The Morgan fingerprint density at radius 2 is 2.40 bits per heavy atom. The number of imidazole rings is 1. The van der Waals surface area contributed by atoms with Gasteiger partial charge in [0.1, 0.15) is 17.5 Å². The smallest absolute Gasteiger partial charge is 0.326 e. The van der Waals surface area contributed by atoms with Crippen LogP contribution in [0.2, 0.25) is 0 Å². The van der Waals surface area contributed by atoms with E-state index in [9.17, 15) is 4.79 Å². The van der Waals surface area contributed by atoms with Crippen LogP contribution in [-0.4, -0.2) is 25.4 Å². The summed E-state index contributed by atoms with van der Waals surface area (Å²) in [5, 5.41) is 8.74. The molecule has 2 rings (SSSR count). The van der Waals surface area contributed by atoms with Crippen LogP contribution in [0.25, 0.3) is 5.65 Å². The maximum absolute atomic E-state index is 10.7. The number of aromatic nitrogens is 3. The van der Waals surface area contributed by atoms with Crippen LogP contribution >= 0.6 is 0 Å². The van der Waals surface area contributed by atoms with Crippen molar-refractivity contribution in [3.05, 3.63) is 30.0 Å². The summed E-state index contributed by atoms with van der Waals surface area (Å²) in [6, 6.07) is 0.606. The molecule has 0 aromatic carbocycles. The molecule has 0 spiro atoms. The molecular weight excluding hydrogens is 196 g/mol. The van der Waals surface area contributed by atoms with Gasteiger partial charge in [-0.2, -0.15) is 0 Å². The van der Waals surface area contributed by atoms with Gasteiger partial charge in [0.2, 0.25) is 0 Å². The van der Waals surface area contributed by atoms with Gasteiger partial charge in [-0.15, -0.1) is 0 Å². The Morgan fingerprint density at radius 3 is 3.00 bits per heavy atom. The summed E-state index contributed by atoms with van der Waals surface area (Å²) in [5.74, 6) is -0.354. The lowest BCUT2D eigenvalue weighted by atomic mass is 10.2. The van der Waals surface area contributed by atoms with Crippen LogP contribution in [0.5, 0.6) is 0 Å². The van der Waals surface area contributed by atoms with E-state index < -0.39 is 12.0 Å². The summed E-state index contributed by atoms with van der Waals surface area (Å²) in [6.45, 7) is 1.81. The van der Waals surface area contributed by atoms with E-state index in [-0.39, 0.29) is 0 Å². The number of carboxylic acid groups (broad SMARTS) is 1. The molecule has 0 amide bonds. The molecule has 0 aliphatic heterocycles. The Labute approximate surface area is 85.4 Å². The van der Waals surface area contributed by atoms with Crippen LogP contribution in [0, 0.1) is 6.92 Å². The van der Waals surface area contributed by atoms with Crippen molar-refractivity contribution in [3.63, 3.8) is 0 Å². The standard InChI is InChI=1S/C9H10N4O2/c1-5-11-3-2-7-12-6(4-13(5)7)8(10)9(14)15/h2-4,8H,10H2,1H3,(H,14,15). The first kappa shape index (κ1) is 9.60. The summed E-state index contributed by atoms with van der Waals surface area (Å²) in [6.07, 6.45) is 3.21. The number of hydrogen-bond acceptors (Lipinski definition) is 4. The molecule has 0 saturated heterocycles. The maximum Gasteiger partial charge on any atom is 0.326 e. The van der Waals surface area contributed by atoms with Crippen LogP contribution in [0.15, 0.2) is 18.5 Å². The SMILES string of the molecule is Cc1nccc2nc(C(N)C(=O)O)cn12. The van der Waals surface area contributed by atoms with Crippen LogP contribution in [0.3, 0.4) is 0 Å². The van der Waals surface area contributed by atoms with E-state index in [4.69, 9.17) is 10.8 Å². The van der Waals surface area contributed by atoms with Crippen molar-refractivity contribution in [2.24, 2.45) is 5.73 Å². The summed E-state index contributed by atoms with van der Waals surface area (Å²) in [5.41, 5.74) is 6.44. The van der Waals surface area contributed by atoms with Crippen LogP contribution < -0.4 is 5.73 Å². The summed E-state index contributed by atoms with van der Waals surface area (Å²) in [7, 11) is 0. The number of rotatable bonds is 2. The summed E-state index contributed by atoms with van der Waals surface area (Å²) >= 11 is 0. The largest absolute Gasteiger partial charge is 0.480 e. The van der Waals surface area contributed by atoms with E-state index in [1.54, 1.807) is 22.9 Å². The Hall–Kier alpha value is -1.95. The van der Waals surface area contributed by atoms with Crippen molar-refractivity contribution in [1.82, 2.24) is 14.4 Å². The monoisotopic (exact) mass is 206 g/mol.